The third kappa shape index (κ3) is 3.97. The number of pyridine rings is 1. The number of nitrogens with zero attached hydrogens (tertiary/aromatic N) is 3. The van der Waals surface area contributed by atoms with Gasteiger partial charge in [-0.05, 0) is 49.9 Å². The topological polar surface area (TPSA) is 64.3 Å². The van der Waals surface area contributed by atoms with Crippen LogP contribution in [0.2, 0.25) is 0 Å². The van der Waals surface area contributed by atoms with E-state index in [0.717, 1.165) is 54.8 Å². The van der Waals surface area contributed by atoms with Gasteiger partial charge in [0.2, 0.25) is 5.91 Å². The number of fused-ring (bicyclic) bond motifs is 1. The quantitative estimate of drug-likeness (QED) is 0.602. The fraction of sp³-hybridized carbons (Fsp3) is 0.385. The molecule has 3 heterocycles. The van der Waals surface area contributed by atoms with Crippen molar-refractivity contribution in [3.8, 4) is 11.3 Å². The maximum Gasteiger partial charge on any atom is 0.219 e. The zero-order valence-corrected chi connectivity index (χ0v) is 18.8. The predicted octanol–water partition coefficient (Wildman–Crippen LogP) is 4.57. The molecule has 1 aliphatic carbocycles. The number of benzene rings is 1. The van der Waals surface area contributed by atoms with Crippen molar-refractivity contribution >= 4 is 22.6 Å². The summed E-state index contributed by atoms with van der Waals surface area (Å²) in [6, 6.07) is 15.7. The second-order valence-electron chi connectivity index (χ2n) is 8.80. The van der Waals surface area contributed by atoms with Crippen LogP contribution in [0.5, 0.6) is 0 Å². The minimum Gasteiger partial charge on any atom is -0.360 e. The van der Waals surface area contributed by atoms with Crippen molar-refractivity contribution in [3.63, 3.8) is 0 Å². The van der Waals surface area contributed by atoms with Crippen LogP contribution in [0.1, 0.15) is 45.1 Å². The van der Waals surface area contributed by atoms with E-state index in [0.29, 0.717) is 18.5 Å². The summed E-state index contributed by atoms with van der Waals surface area (Å²) in [6.45, 7) is 6.01. The highest BCUT2D eigenvalue weighted by Gasteiger charge is 2.34. The van der Waals surface area contributed by atoms with Crippen LogP contribution in [0.15, 0.2) is 54.9 Å². The van der Waals surface area contributed by atoms with E-state index in [9.17, 15) is 4.79 Å². The molecule has 6 heteroatoms. The Bertz CT molecular complexity index is 1130. The first kappa shape index (κ1) is 20.6. The molecule has 1 amide bonds. The lowest BCUT2D eigenvalue weighted by atomic mass is 10.0. The molecule has 2 atom stereocenters. The second-order valence-corrected chi connectivity index (χ2v) is 8.80. The zero-order valence-electron chi connectivity index (χ0n) is 18.8. The lowest BCUT2D eigenvalue weighted by molar-refractivity contribution is -0.121. The maximum absolute atomic E-state index is 11.8. The van der Waals surface area contributed by atoms with Gasteiger partial charge in [-0.1, -0.05) is 31.2 Å². The Hall–Kier alpha value is -3.28. The zero-order chi connectivity index (χ0) is 22.1. The third-order valence-corrected chi connectivity index (χ3v) is 6.77. The van der Waals surface area contributed by atoms with E-state index in [1.54, 1.807) is 0 Å². The van der Waals surface area contributed by atoms with Crippen LogP contribution in [0.3, 0.4) is 0 Å². The molecule has 1 fully saturated rings. The highest BCUT2D eigenvalue weighted by atomic mass is 16.1. The molecule has 32 heavy (non-hydrogen) atoms. The number of aromatic amines is 1. The molecule has 1 saturated carbocycles. The molecule has 166 valence electrons. The molecule has 2 aromatic heterocycles. The van der Waals surface area contributed by atoms with Crippen molar-refractivity contribution in [1.82, 2.24) is 25.1 Å². The van der Waals surface area contributed by atoms with Gasteiger partial charge >= 0.3 is 0 Å². The molecular formula is C26H31N5O. The van der Waals surface area contributed by atoms with Gasteiger partial charge in [-0.25, -0.2) is 4.98 Å². The molecule has 1 aliphatic heterocycles. The van der Waals surface area contributed by atoms with Gasteiger partial charge in [0, 0.05) is 43.0 Å². The Morgan fingerprint density at radius 2 is 1.91 bits per heavy atom. The second kappa shape index (κ2) is 8.69. The highest BCUT2D eigenvalue weighted by molar-refractivity contribution is 5.79. The summed E-state index contributed by atoms with van der Waals surface area (Å²) in [7, 11) is 0. The average molecular weight is 430 g/mol. The first-order valence-corrected chi connectivity index (χ1v) is 11.7. The summed E-state index contributed by atoms with van der Waals surface area (Å²) in [5.74, 6) is 0.157. The van der Waals surface area contributed by atoms with Gasteiger partial charge in [0.15, 0.2) is 0 Å². The lowest BCUT2D eigenvalue weighted by Crippen LogP contribution is -2.37. The van der Waals surface area contributed by atoms with Gasteiger partial charge < -0.3 is 20.1 Å². The van der Waals surface area contributed by atoms with E-state index in [2.05, 4.69) is 69.6 Å². The molecular weight excluding hydrogens is 398 g/mol. The van der Waals surface area contributed by atoms with E-state index in [-0.39, 0.29) is 5.91 Å². The average Bonchev–Trinajstić information content (AvgIpc) is 3.57. The van der Waals surface area contributed by atoms with Crippen molar-refractivity contribution in [1.29, 1.82) is 0 Å². The first-order valence-electron chi connectivity index (χ1n) is 11.7. The Balaban J connectivity index is 1.35. The van der Waals surface area contributed by atoms with Crippen molar-refractivity contribution in [2.45, 2.75) is 51.6 Å². The van der Waals surface area contributed by atoms with E-state index in [4.69, 9.17) is 4.98 Å². The van der Waals surface area contributed by atoms with Crippen LogP contribution in [0.4, 0.5) is 0 Å². The van der Waals surface area contributed by atoms with Crippen LogP contribution in [0, 0.1) is 0 Å². The standard InChI is InChI=1S/C26H31N5O/c1-3-26(32)28-20-9-10-21(15-20)31-17-30(4-2)16-25(31)19-7-5-18(6-8-19)22-11-12-23-24(29-22)13-14-27-23/h5-8,11-14,16,20-21,27H,3-4,9-10,15,17H2,1-2H3,(H,28,32). The van der Waals surface area contributed by atoms with Gasteiger partial charge in [-0.3, -0.25) is 4.79 Å². The molecule has 0 bridgehead atoms. The van der Waals surface area contributed by atoms with Crippen LogP contribution in [0.25, 0.3) is 28.0 Å². The number of H-pyrrole nitrogens is 1. The first-order chi connectivity index (χ1) is 15.6. The number of aromatic nitrogens is 2. The van der Waals surface area contributed by atoms with Gasteiger partial charge in [-0.2, -0.15) is 0 Å². The summed E-state index contributed by atoms with van der Waals surface area (Å²) in [5, 5.41) is 3.19. The van der Waals surface area contributed by atoms with Gasteiger partial charge in [0.05, 0.1) is 29.1 Å². The number of hydrogen-bond acceptors (Lipinski definition) is 4. The number of amides is 1. The summed E-state index contributed by atoms with van der Waals surface area (Å²) < 4.78 is 0. The van der Waals surface area contributed by atoms with E-state index < -0.39 is 0 Å². The van der Waals surface area contributed by atoms with Gasteiger partial charge in [0.25, 0.3) is 0 Å². The maximum atomic E-state index is 11.8. The summed E-state index contributed by atoms with van der Waals surface area (Å²) in [5.41, 5.74) is 6.66. The molecule has 0 spiro atoms. The molecule has 6 nitrogen and oxygen atoms in total. The number of carbonyl (C=O) groups excluding carboxylic acids is 1. The molecule has 2 unspecified atom stereocenters. The van der Waals surface area contributed by atoms with E-state index in [1.165, 1.54) is 11.3 Å². The molecule has 5 rings (SSSR count). The van der Waals surface area contributed by atoms with Crippen molar-refractivity contribution in [3.05, 3.63) is 60.4 Å². The minimum atomic E-state index is 0.157. The number of carbonyl (C=O) groups is 1. The molecule has 3 aromatic rings. The summed E-state index contributed by atoms with van der Waals surface area (Å²) >= 11 is 0. The minimum absolute atomic E-state index is 0.157. The lowest BCUT2D eigenvalue weighted by Gasteiger charge is -2.30. The highest BCUT2D eigenvalue weighted by Crippen LogP contribution is 2.35. The van der Waals surface area contributed by atoms with E-state index >= 15 is 0 Å². The van der Waals surface area contributed by atoms with Crippen LogP contribution in [-0.2, 0) is 4.79 Å². The fourth-order valence-corrected chi connectivity index (χ4v) is 4.91. The van der Waals surface area contributed by atoms with Crippen LogP contribution < -0.4 is 5.32 Å². The molecule has 1 aromatic carbocycles. The van der Waals surface area contributed by atoms with Gasteiger partial charge in [-0.15, -0.1) is 0 Å². The molecule has 0 radical (unpaired) electrons. The Morgan fingerprint density at radius 3 is 2.69 bits per heavy atom. The number of nitrogens with one attached hydrogen (secondary N) is 2. The van der Waals surface area contributed by atoms with Crippen LogP contribution >= 0.6 is 0 Å². The monoisotopic (exact) mass is 429 g/mol. The van der Waals surface area contributed by atoms with Crippen molar-refractivity contribution < 1.29 is 4.79 Å². The molecule has 0 saturated heterocycles. The van der Waals surface area contributed by atoms with E-state index in [1.807, 2.05) is 19.2 Å². The Labute approximate surface area is 189 Å². The van der Waals surface area contributed by atoms with Gasteiger partial charge in [0.1, 0.15) is 0 Å². The van der Waals surface area contributed by atoms with Crippen molar-refractivity contribution in [2.24, 2.45) is 0 Å². The predicted molar refractivity (Wildman–Crippen MR) is 128 cm³/mol. The number of hydrogen-bond donors (Lipinski definition) is 2. The summed E-state index contributed by atoms with van der Waals surface area (Å²) in [6.07, 6.45) is 7.95. The number of rotatable bonds is 6. The fourth-order valence-electron chi connectivity index (χ4n) is 4.91. The third-order valence-electron chi connectivity index (χ3n) is 6.77. The Kier molecular flexibility index (Phi) is 5.60. The normalized spacial score (nSPS) is 20.8. The summed E-state index contributed by atoms with van der Waals surface area (Å²) in [4.78, 5) is 24.7. The van der Waals surface area contributed by atoms with Crippen LogP contribution in [-0.4, -0.2) is 51.0 Å². The molecule has 2 N–H and O–H groups in total. The molecule has 2 aliphatic rings. The largest absolute Gasteiger partial charge is 0.360 e. The SMILES string of the molecule is CCC(=O)NC1CCC(N2CN(CC)C=C2c2ccc(-c3ccc4[nH]ccc4n3)cc2)C1. The smallest absolute Gasteiger partial charge is 0.219 e. The van der Waals surface area contributed by atoms with Crippen molar-refractivity contribution in [2.75, 3.05) is 13.2 Å². The Morgan fingerprint density at radius 1 is 1.09 bits per heavy atom.